The van der Waals surface area contributed by atoms with E-state index < -0.39 is 5.82 Å². The molecule has 21 heavy (non-hydrogen) atoms. The molecule has 1 fully saturated rings. The van der Waals surface area contributed by atoms with Gasteiger partial charge in [-0.05, 0) is 37.8 Å². The molecule has 0 unspecified atom stereocenters. The van der Waals surface area contributed by atoms with Crippen LogP contribution in [0.3, 0.4) is 0 Å². The first-order chi connectivity index (χ1) is 10.2. The van der Waals surface area contributed by atoms with E-state index in [1.54, 1.807) is 0 Å². The summed E-state index contributed by atoms with van der Waals surface area (Å²) in [7, 11) is 0. The van der Waals surface area contributed by atoms with Gasteiger partial charge < -0.3 is 14.8 Å². The zero-order valence-corrected chi connectivity index (χ0v) is 11.8. The van der Waals surface area contributed by atoms with Crippen LogP contribution in [0.5, 0.6) is 0 Å². The van der Waals surface area contributed by atoms with Gasteiger partial charge in [0.1, 0.15) is 11.6 Å². The molecule has 2 N–H and O–H groups in total. The average molecular weight is 297 g/mol. The lowest BCUT2D eigenvalue weighted by molar-refractivity contribution is -0.162. The highest BCUT2D eigenvalue weighted by Gasteiger charge is 2.13. The van der Waals surface area contributed by atoms with Crippen molar-refractivity contribution in [2.75, 3.05) is 25.1 Å². The SMILES string of the molecule is O=C(NCCCO[C@H]1CCCCO1)Nc1ccc(F)cn1. The van der Waals surface area contributed by atoms with Gasteiger partial charge in [0.15, 0.2) is 6.29 Å². The molecule has 1 aliphatic rings. The minimum atomic E-state index is -0.442. The molecule has 2 amide bonds. The lowest BCUT2D eigenvalue weighted by Gasteiger charge is -2.22. The summed E-state index contributed by atoms with van der Waals surface area (Å²) in [5.41, 5.74) is 0. The second-order valence-electron chi connectivity index (χ2n) is 4.76. The largest absolute Gasteiger partial charge is 0.353 e. The number of hydrogen-bond donors (Lipinski definition) is 2. The molecule has 0 bridgehead atoms. The van der Waals surface area contributed by atoms with Gasteiger partial charge in [-0.15, -0.1) is 0 Å². The van der Waals surface area contributed by atoms with E-state index in [1.807, 2.05) is 0 Å². The predicted octanol–water partition coefficient (Wildman–Crippen LogP) is 2.28. The first-order valence-electron chi connectivity index (χ1n) is 7.13. The van der Waals surface area contributed by atoms with E-state index in [9.17, 15) is 9.18 Å². The number of nitrogens with one attached hydrogen (secondary N) is 2. The Kier molecular flexibility index (Phi) is 6.36. The van der Waals surface area contributed by atoms with Gasteiger partial charge in [0.25, 0.3) is 0 Å². The Morgan fingerprint density at radius 2 is 2.38 bits per heavy atom. The number of nitrogens with zero attached hydrogens (tertiary/aromatic N) is 1. The van der Waals surface area contributed by atoms with Crippen molar-refractivity contribution in [2.24, 2.45) is 0 Å². The maximum atomic E-state index is 12.7. The monoisotopic (exact) mass is 297 g/mol. The van der Waals surface area contributed by atoms with Gasteiger partial charge in [0.2, 0.25) is 0 Å². The normalized spacial score (nSPS) is 18.2. The summed E-state index contributed by atoms with van der Waals surface area (Å²) in [4.78, 5) is 15.3. The van der Waals surface area contributed by atoms with Gasteiger partial charge in [-0.1, -0.05) is 0 Å². The number of urea groups is 1. The van der Waals surface area contributed by atoms with E-state index in [4.69, 9.17) is 9.47 Å². The molecular formula is C14H20FN3O3. The van der Waals surface area contributed by atoms with Crippen LogP contribution in [-0.4, -0.2) is 37.1 Å². The van der Waals surface area contributed by atoms with Crippen molar-refractivity contribution in [3.63, 3.8) is 0 Å². The molecule has 0 saturated carbocycles. The Labute approximate surface area is 123 Å². The third-order valence-electron chi connectivity index (χ3n) is 3.02. The molecular weight excluding hydrogens is 277 g/mol. The fourth-order valence-electron chi connectivity index (χ4n) is 1.94. The lowest BCUT2D eigenvalue weighted by Crippen LogP contribution is -2.31. The standard InChI is InChI=1S/C14H20FN3O3/c15-11-5-6-12(17-10-11)18-14(19)16-7-3-9-21-13-4-1-2-8-20-13/h5-6,10,13H,1-4,7-9H2,(H2,16,17,18,19)/t13-/m0/s1. The molecule has 1 saturated heterocycles. The van der Waals surface area contributed by atoms with Crippen molar-refractivity contribution >= 4 is 11.8 Å². The summed E-state index contributed by atoms with van der Waals surface area (Å²) >= 11 is 0. The van der Waals surface area contributed by atoms with Crippen LogP contribution in [0, 0.1) is 5.82 Å². The molecule has 0 spiro atoms. The molecule has 0 aliphatic carbocycles. The van der Waals surface area contributed by atoms with E-state index in [2.05, 4.69) is 15.6 Å². The van der Waals surface area contributed by atoms with E-state index in [-0.39, 0.29) is 12.3 Å². The molecule has 0 radical (unpaired) electrons. The van der Waals surface area contributed by atoms with Gasteiger partial charge in [-0.3, -0.25) is 5.32 Å². The molecule has 116 valence electrons. The first kappa shape index (κ1) is 15.7. The quantitative estimate of drug-likeness (QED) is 0.790. The van der Waals surface area contributed by atoms with Gasteiger partial charge >= 0.3 is 6.03 Å². The van der Waals surface area contributed by atoms with E-state index in [0.717, 1.165) is 32.1 Å². The first-order valence-corrected chi connectivity index (χ1v) is 7.13. The molecule has 2 rings (SSSR count). The number of amides is 2. The van der Waals surface area contributed by atoms with Crippen LogP contribution in [0.4, 0.5) is 15.0 Å². The molecule has 6 nitrogen and oxygen atoms in total. The fraction of sp³-hybridized carbons (Fsp3) is 0.571. The number of rotatable bonds is 6. The summed E-state index contributed by atoms with van der Waals surface area (Å²) in [6, 6.07) is 2.27. The van der Waals surface area contributed by atoms with Crippen LogP contribution >= 0.6 is 0 Å². The second-order valence-corrected chi connectivity index (χ2v) is 4.76. The zero-order chi connectivity index (χ0) is 14.9. The molecule has 1 aliphatic heterocycles. The van der Waals surface area contributed by atoms with Crippen LogP contribution < -0.4 is 10.6 Å². The number of halogens is 1. The Bertz CT molecular complexity index is 436. The van der Waals surface area contributed by atoms with Crippen LogP contribution in [0.2, 0.25) is 0 Å². The third kappa shape index (κ3) is 6.05. The van der Waals surface area contributed by atoms with Crippen molar-refractivity contribution in [3.8, 4) is 0 Å². The second kappa shape index (κ2) is 8.53. The zero-order valence-electron chi connectivity index (χ0n) is 11.8. The summed E-state index contributed by atoms with van der Waals surface area (Å²) in [5.74, 6) is -0.135. The molecule has 2 heterocycles. The van der Waals surface area contributed by atoms with Gasteiger partial charge in [-0.2, -0.15) is 0 Å². The van der Waals surface area contributed by atoms with Crippen LogP contribution in [0.15, 0.2) is 18.3 Å². The molecule has 1 aromatic heterocycles. The summed E-state index contributed by atoms with van der Waals surface area (Å²) in [6.45, 7) is 1.79. The number of anilines is 1. The minimum Gasteiger partial charge on any atom is -0.353 e. The van der Waals surface area contributed by atoms with Crippen LogP contribution in [0.1, 0.15) is 25.7 Å². The van der Waals surface area contributed by atoms with Crippen molar-refractivity contribution in [2.45, 2.75) is 32.0 Å². The van der Waals surface area contributed by atoms with Crippen LogP contribution in [0.25, 0.3) is 0 Å². The molecule has 0 aromatic carbocycles. The minimum absolute atomic E-state index is 0.101. The Morgan fingerprint density at radius 3 is 3.10 bits per heavy atom. The summed E-state index contributed by atoms with van der Waals surface area (Å²) in [5, 5.41) is 5.19. The maximum absolute atomic E-state index is 12.7. The number of hydrogen-bond acceptors (Lipinski definition) is 4. The van der Waals surface area contributed by atoms with E-state index in [1.165, 1.54) is 12.1 Å². The number of carbonyl (C=O) groups is 1. The highest BCUT2D eigenvalue weighted by atomic mass is 19.1. The van der Waals surface area contributed by atoms with E-state index >= 15 is 0 Å². The topological polar surface area (TPSA) is 72.5 Å². The number of ether oxygens (including phenoxy) is 2. The van der Waals surface area contributed by atoms with Gasteiger partial charge in [0.05, 0.1) is 12.8 Å². The fourth-order valence-corrected chi connectivity index (χ4v) is 1.94. The highest BCUT2D eigenvalue weighted by molar-refractivity contribution is 5.88. The van der Waals surface area contributed by atoms with Crippen molar-refractivity contribution < 1.29 is 18.7 Å². The van der Waals surface area contributed by atoms with Crippen molar-refractivity contribution in [3.05, 3.63) is 24.1 Å². The van der Waals surface area contributed by atoms with Crippen LogP contribution in [-0.2, 0) is 9.47 Å². The van der Waals surface area contributed by atoms with Gasteiger partial charge in [-0.25, -0.2) is 14.2 Å². The lowest BCUT2D eigenvalue weighted by atomic mass is 10.2. The smallest absolute Gasteiger partial charge is 0.320 e. The van der Waals surface area contributed by atoms with Gasteiger partial charge in [0, 0.05) is 13.2 Å². The Balaban J connectivity index is 1.53. The summed E-state index contributed by atoms with van der Waals surface area (Å²) < 4.78 is 23.6. The number of carbonyl (C=O) groups excluding carboxylic acids is 1. The van der Waals surface area contributed by atoms with E-state index in [0.29, 0.717) is 25.4 Å². The third-order valence-corrected chi connectivity index (χ3v) is 3.02. The Hall–Kier alpha value is -1.73. The van der Waals surface area contributed by atoms with Crippen molar-refractivity contribution in [1.82, 2.24) is 10.3 Å². The highest BCUT2D eigenvalue weighted by Crippen LogP contribution is 2.13. The average Bonchev–Trinajstić information content (AvgIpc) is 2.50. The molecule has 7 heteroatoms. The Morgan fingerprint density at radius 1 is 1.48 bits per heavy atom. The number of aromatic nitrogens is 1. The molecule has 1 aromatic rings. The number of pyridine rings is 1. The predicted molar refractivity (Wildman–Crippen MR) is 75.4 cm³/mol. The maximum Gasteiger partial charge on any atom is 0.320 e. The van der Waals surface area contributed by atoms with Crippen molar-refractivity contribution in [1.29, 1.82) is 0 Å². The molecule has 1 atom stereocenters. The summed E-state index contributed by atoms with van der Waals surface area (Å²) in [6.07, 6.45) is 4.81.